The zero-order chi connectivity index (χ0) is 8.97. The van der Waals surface area contributed by atoms with Crippen molar-refractivity contribution in [3.63, 3.8) is 0 Å². The summed E-state index contributed by atoms with van der Waals surface area (Å²) in [5, 5.41) is 3.48. The van der Waals surface area contributed by atoms with E-state index in [4.69, 9.17) is 4.74 Å². The highest BCUT2D eigenvalue weighted by atomic mass is 16.5. The van der Waals surface area contributed by atoms with Crippen LogP contribution in [0.3, 0.4) is 0 Å². The average molecular weight is 172 g/mol. The largest absolute Gasteiger partial charge is 0.379 e. The van der Waals surface area contributed by atoms with Crippen molar-refractivity contribution >= 4 is 0 Å². The standard InChI is InChI=1S/C9H20N2O/c1-8(2)10-9(3)11-4-6-12-7-5-11/h8-10H,4-7H2,1-3H3. The Morgan fingerprint density at radius 2 is 1.75 bits per heavy atom. The molecule has 72 valence electrons. The van der Waals surface area contributed by atoms with Crippen LogP contribution in [0.25, 0.3) is 0 Å². The SMILES string of the molecule is CC(C)NC(C)N1CCOCC1. The molecule has 3 nitrogen and oxygen atoms in total. The van der Waals surface area contributed by atoms with E-state index in [0.29, 0.717) is 12.2 Å². The Labute approximate surface area is 75.1 Å². The van der Waals surface area contributed by atoms with Crippen molar-refractivity contribution in [3.05, 3.63) is 0 Å². The van der Waals surface area contributed by atoms with Crippen LogP contribution in [0, 0.1) is 0 Å². The second-order valence-corrected chi connectivity index (χ2v) is 3.65. The van der Waals surface area contributed by atoms with Crippen LogP contribution in [-0.2, 0) is 4.74 Å². The molecule has 1 aliphatic heterocycles. The molecule has 1 aliphatic rings. The topological polar surface area (TPSA) is 24.5 Å². The summed E-state index contributed by atoms with van der Waals surface area (Å²) in [6.45, 7) is 10.4. The first-order valence-electron chi connectivity index (χ1n) is 4.78. The highest BCUT2D eigenvalue weighted by Crippen LogP contribution is 2.01. The fourth-order valence-corrected chi connectivity index (χ4v) is 1.55. The monoisotopic (exact) mass is 172 g/mol. The van der Waals surface area contributed by atoms with Gasteiger partial charge in [0.05, 0.1) is 19.4 Å². The Kier molecular flexibility index (Phi) is 3.98. The lowest BCUT2D eigenvalue weighted by Gasteiger charge is -2.33. The van der Waals surface area contributed by atoms with E-state index >= 15 is 0 Å². The predicted octanol–water partition coefficient (Wildman–Crippen LogP) is 0.663. The fraction of sp³-hybridized carbons (Fsp3) is 1.00. The molecule has 1 saturated heterocycles. The van der Waals surface area contributed by atoms with Crippen molar-refractivity contribution < 1.29 is 4.74 Å². The van der Waals surface area contributed by atoms with Crippen LogP contribution in [0.4, 0.5) is 0 Å². The van der Waals surface area contributed by atoms with Crippen molar-refractivity contribution in [1.29, 1.82) is 0 Å². The number of hydrogen-bond acceptors (Lipinski definition) is 3. The molecule has 1 rings (SSSR count). The molecule has 1 unspecified atom stereocenters. The summed E-state index contributed by atoms with van der Waals surface area (Å²) in [6.07, 6.45) is 0.480. The van der Waals surface area contributed by atoms with Gasteiger partial charge in [0.1, 0.15) is 0 Å². The summed E-state index contributed by atoms with van der Waals surface area (Å²) < 4.78 is 5.29. The minimum absolute atomic E-state index is 0.480. The van der Waals surface area contributed by atoms with Gasteiger partial charge in [-0.3, -0.25) is 10.2 Å². The second-order valence-electron chi connectivity index (χ2n) is 3.65. The molecule has 3 heteroatoms. The maximum atomic E-state index is 5.29. The van der Waals surface area contributed by atoms with Crippen LogP contribution < -0.4 is 5.32 Å². The molecule has 12 heavy (non-hydrogen) atoms. The molecule has 0 aromatic carbocycles. The zero-order valence-electron chi connectivity index (χ0n) is 8.34. The molecule has 1 N–H and O–H groups in total. The minimum atomic E-state index is 0.480. The predicted molar refractivity (Wildman–Crippen MR) is 50.1 cm³/mol. The van der Waals surface area contributed by atoms with Gasteiger partial charge in [0.2, 0.25) is 0 Å². The van der Waals surface area contributed by atoms with Crippen LogP contribution in [-0.4, -0.2) is 43.4 Å². The summed E-state index contributed by atoms with van der Waals surface area (Å²) in [4.78, 5) is 2.42. The van der Waals surface area contributed by atoms with Crippen LogP contribution in [0.1, 0.15) is 20.8 Å². The fourth-order valence-electron chi connectivity index (χ4n) is 1.55. The Morgan fingerprint density at radius 1 is 1.17 bits per heavy atom. The lowest BCUT2D eigenvalue weighted by molar-refractivity contribution is 0.0114. The summed E-state index contributed by atoms with van der Waals surface area (Å²) in [7, 11) is 0. The number of ether oxygens (including phenoxy) is 1. The van der Waals surface area contributed by atoms with Crippen molar-refractivity contribution in [2.45, 2.75) is 33.0 Å². The smallest absolute Gasteiger partial charge is 0.0594 e. The molecule has 0 saturated carbocycles. The Bertz CT molecular complexity index is 122. The molecular weight excluding hydrogens is 152 g/mol. The Balaban J connectivity index is 2.24. The van der Waals surface area contributed by atoms with Crippen molar-refractivity contribution in [2.24, 2.45) is 0 Å². The normalized spacial score (nSPS) is 23.0. The molecule has 1 atom stereocenters. The van der Waals surface area contributed by atoms with Crippen LogP contribution in [0.15, 0.2) is 0 Å². The third-order valence-electron chi connectivity index (χ3n) is 2.17. The van der Waals surface area contributed by atoms with Crippen molar-refractivity contribution in [3.8, 4) is 0 Å². The molecule has 0 aliphatic carbocycles. The number of hydrogen-bond donors (Lipinski definition) is 1. The summed E-state index contributed by atoms with van der Waals surface area (Å²) in [5.41, 5.74) is 0. The maximum absolute atomic E-state index is 5.29. The molecule has 1 fully saturated rings. The highest BCUT2D eigenvalue weighted by Gasteiger charge is 2.16. The van der Waals surface area contributed by atoms with E-state index in [1.54, 1.807) is 0 Å². The Morgan fingerprint density at radius 3 is 2.25 bits per heavy atom. The van der Waals surface area contributed by atoms with Gasteiger partial charge in [-0.25, -0.2) is 0 Å². The molecule has 0 aromatic heterocycles. The summed E-state index contributed by atoms with van der Waals surface area (Å²) in [5.74, 6) is 0. The molecule has 0 amide bonds. The van der Waals surface area contributed by atoms with Gasteiger partial charge >= 0.3 is 0 Å². The zero-order valence-corrected chi connectivity index (χ0v) is 8.34. The van der Waals surface area contributed by atoms with E-state index in [9.17, 15) is 0 Å². The molecule has 0 bridgehead atoms. The van der Waals surface area contributed by atoms with Crippen LogP contribution in [0.2, 0.25) is 0 Å². The first kappa shape index (κ1) is 9.96. The molecule has 1 heterocycles. The van der Waals surface area contributed by atoms with E-state index in [1.807, 2.05) is 0 Å². The van der Waals surface area contributed by atoms with Gasteiger partial charge in [-0.2, -0.15) is 0 Å². The average Bonchev–Trinajstić information content (AvgIpc) is 2.05. The maximum Gasteiger partial charge on any atom is 0.0594 e. The van der Waals surface area contributed by atoms with Gasteiger partial charge in [-0.1, -0.05) is 0 Å². The first-order chi connectivity index (χ1) is 5.70. The van der Waals surface area contributed by atoms with Gasteiger partial charge in [0.25, 0.3) is 0 Å². The van der Waals surface area contributed by atoms with E-state index in [2.05, 4.69) is 31.0 Å². The first-order valence-corrected chi connectivity index (χ1v) is 4.78. The number of rotatable bonds is 3. The third kappa shape index (κ3) is 3.09. The van der Waals surface area contributed by atoms with E-state index < -0.39 is 0 Å². The molecular formula is C9H20N2O. The molecule has 0 spiro atoms. The summed E-state index contributed by atoms with van der Waals surface area (Å²) in [6, 6.07) is 0.558. The minimum Gasteiger partial charge on any atom is -0.379 e. The lowest BCUT2D eigenvalue weighted by atomic mass is 10.3. The molecule has 0 aromatic rings. The number of morpholine rings is 1. The van der Waals surface area contributed by atoms with Crippen LogP contribution in [0.5, 0.6) is 0 Å². The second kappa shape index (κ2) is 4.80. The van der Waals surface area contributed by atoms with Gasteiger partial charge < -0.3 is 4.74 Å². The number of nitrogens with one attached hydrogen (secondary N) is 1. The Hall–Kier alpha value is -0.120. The number of nitrogens with zero attached hydrogens (tertiary/aromatic N) is 1. The molecule has 0 radical (unpaired) electrons. The van der Waals surface area contributed by atoms with Gasteiger partial charge in [-0.15, -0.1) is 0 Å². The van der Waals surface area contributed by atoms with E-state index in [1.165, 1.54) is 0 Å². The van der Waals surface area contributed by atoms with Crippen molar-refractivity contribution in [2.75, 3.05) is 26.3 Å². The van der Waals surface area contributed by atoms with Gasteiger partial charge in [-0.05, 0) is 20.8 Å². The van der Waals surface area contributed by atoms with E-state index in [-0.39, 0.29) is 0 Å². The van der Waals surface area contributed by atoms with Crippen LogP contribution >= 0.6 is 0 Å². The van der Waals surface area contributed by atoms with Crippen molar-refractivity contribution in [1.82, 2.24) is 10.2 Å². The van der Waals surface area contributed by atoms with Gasteiger partial charge in [0.15, 0.2) is 0 Å². The lowest BCUT2D eigenvalue weighted by Crippen LogP contribution is -2.50. The quantitative estimate of drug-likeness (QED) is 0.677. The van der Waals surface area contributed by atoms with Gasteiger partial charge in [0, 0.05) is 19.1 Å². The third-order valence-corrected chi connectivity index (χ3v) is 2.17. The van der Waals surface area contributed by atoms with E-state index in [0.717, 1.165) is 26.3 Å². The highest BCUT2D eigenvalue weighted by molar-refractivity contribution is 4.69. The summed E-state index contributed by atoms with van der Waals surface area (Å²) >= 11 is 0.